The Hall–Kier alpha value is -1.91. The predicted octanol–water partition coefficient (Wildman–Crippen LogP) is 2.73. The minimum Gasteiger partial charge on any atom is -0.491 e. The molecule has 4 heteroatoms. The highest BCUT2D eigenvalue weighted by Gasteiger charge is 2.14. The third-order valence-electron chi connectivity index (χ3n) is 2.96. The number of nitrogens with zero attached hydrogens (tertiary/aromatic N) is 1. The molecule has 3 N–H and O–H groups in total. The van der Waals surface area contributed by atoms with Crippen molar-refractivity contribution >= 4 is 0 Å². The van der Waals surface area contributed by atoms with Gasteiger partial charge < -0.3 is 4.74 Å². The van der Waals surface area contributed by atoms with E-state index in [0.717, 1.165) is 22.4 Å². The van der Waals surface area contributed by atoms with Crippen LogP contribution in [0.2, 0.25) is 0 Å². The van der Waals surface area contributed by atoms with Gasteiger partial charge in [0.2, 0.25) is 0 Å². The van der Waals surface area contributed by atoms with Gasteiger partial charge in [-0.1, -0.05) is 18.2 Å². The van der Waals surface area contributed by atoms with Crippen molar-refractivity contribution in [3.63, 3.8) is 0 Å². The van der Waals surface area contributed by atoms with Crippen LogP contribution < -0.4 is 16.0 Å². The van der Waals surface area contributed by atoms with E-state index < -0.39 is 0 Å². The summed E-state index contributed by atoms with van der Waals surface area (Å²) >= 11 is 0. The molecule has 1 unspecified atom stereocenters. The fourth-order valence-corrected chi connectivity index (χ4v) is 2.16. The topological polar surface area (TPSA) is 60.2 Å². The molecule has 4 nitrogen and oxygen atoms in total. The SMILES string of the molecule is Cc1cncc(C(NN)c2cccc(OC(C)C)c2)c1. The average molecular weight is 271 g/mol. The molecule has 1 atom stereocenters. The lowest BCUT2D eigenvalue weighted by molar-refractivity contribution is 0.242. The fraction of sp³-hybridized carbons (Fsp3) is 0.312. The summed E-state index contributed by atoms with van der Waals surface area (Å²) in [5.74, 6) is 6.57. The maximum Gasteiger partial charge on any atom is 0.120 e. The Labute approximate surface area is 120 Å². The van der Waals surface area contributed by atoms with E-state index in [0.29, 0.717) is 0 Å². The minimum absolute atomic E-state index is 0.0990. The van der Waals surface area contributed by atoms with Gasteiger partial charge in [-0.15, -0.1) is 0 Å². The van der Waals surface area contributed by atoms with Gasteiger partial charge in [0.25, 0.3) is 0 Å². The standard InChI is InChI=1S/C16H21N3O/c1-11(2)20-15-6-4-5-13(8-15)16(19-17)14-7-12(3)9-18-10-14/h4-11,16,19H,17H2,1-3H3. The molecule has 0 radical (unpaired) electrons. The largest absolute Gasteiger partial charge is 0.491 e. The first kappa shape index (κ1) is 14.5. The van der Waals surface area contributed by atoms with Crippen molar-refractivity contribution in [2.75, 3.05) is 0 Å². The van der Waals surface area contributed by atoms with Gasteiger partial charge in [-0.25, -0.2) is 5.43 Å². The third kappa shape index (κ3) is 3.56. The van der Waals surface area contributed by atoms with Crippen molar-refractivity contribution in [2.24, 2.45) is 5.84 Å². The van der Waals surface area contributed by atoms with E-state index in [4.69, 9.17) is 10.6 Å². The van der Waals surface area contributed by atoms with Gasteiger partial charge in [-0.3, -0.25) is 10.8 Å². The van der Waals surface area contributed by atoms with Crippen molar-refractivity contribution in [3.8, 4) is 5.75 Å². The van der Waals surface area contributed by atoms with Gasteiger partial charge in [-0.2, -0.15) is 0 Å². The van der Waals surface area contributed by atoms with Crippen LogP contribution in [0.15, 0.2) is 42.7 Å². The summed E-state index contributed by atoms with van der Waals surface area (Å²) in [5, 5.41) is 0. The predicted molar refractivity (Wildman–Crippen MR) is 80.3 cm³/mol. The van der Waals surface area contributed by atoms with Crippen LogP contribution >= 0.6 is 0 Å². The van der Waals surface area contributed by atoms with Crippen LogP contribution in [0.5, 0.6) is 5.75 Å². The summed E-state index contributed by atoms with van der Waals surface area (Å²) in [6.07, 6.45) is 3.80. The molecule has 0 bridgehead atoms. The van der Waals surface area contributed by atoms with Crippen molar-refractivity contribution in [2.45, 2.75) is 32.9 Å². The average Bonchev–Trinajstić information content (AvgIpc) is 2.39. The summed E-state index contributed by atoms with van der Waals surface area (Å²) < 4.78 is 5.72. The lowest BCUT2D eigenvalue weighted by Gasteiger charge is -2.18. The second-order valence-electron chi connectivity index (χ2n) is 5.13. The number of aryl methyl sites for hydroxylation is 1. The van der Waals surface area contributed by atoms with Crippen molar-refractivity contribution in [3.05, 3.63) is 59.4 Å². The first-order valence-corrected chi connectivity index (χ1v) is 6.74. The molecule has 1 aromatic heterocycles. The van der Waals surface area contributed by atoms with Gasteiger partial charge in [0.15, 0.2) is 0 Å². The Bertz CT molecular complexity index is 569. The van der Waals surface area contributed by atoms with Crippen LogP contribution in [-0.4, -0.2) is 11.1 Å². The van der Waals surface area contributed by atoms with Gasteiger partial charge in [0, 0.05) is 12.4 Å². The van der Waals surface area contributed by atoms with E-state index in [1.54, 1.807) is 0 Å². The van der Waals surface area contributed by atoms with Crippen LogP contribution in [-0.2, 0) is 0 Å². The fourth-order valence-electron chi connectivity index (χ4n) is 2.16. The van der Waals surface area contributed by atoms with Crippen LogP contribution in [0.1, 0.15) is 36.6 Å². The lowest BCUT2D eigenvalue weighted by Crippen LogP contribution is -2.29. The summed E-state index contributed by atoms with van der Waals surface area (Å²) in [6.45, 7) is 6.04. The highest BCUT2D eigenvalue weighted by Crippen LogP contribution is 2.25. The molecule has 0 saturated carbocycles. The highest BCUT2D eigenvalue weighted by atomic mass is 16.5. The molecular formula is C16H21N3O. The van der Waals surface area contributed by atoms with Crippen LogP contribution in [0, 0.1) is 6.92 Å². The highest BCUT2D eigenvalue weighted by molar-refractivity contribution is 5.36. The molecule has 2 rings (SSSR count). The van der Waals surface area contributed by atoms with Gasteiger partial charge in [0.05, 0.1) is 12.1 Å². The maximum absolute atomic E-state index is 5.72. The molecule has 0 aliphatic carbocycles. The number of aromatic nitrogens is 1. The molecule has 1 heterocycles. The van der Waals surface area contributed by atoms with E-state index in [-0.39, 0.29) is 12.1 Å². The molecule has 20 heavy (non-hydrogen) atoms. The minimum atomic E-state index is -0.0990. The van der Waals surface area contributed by atoms with Crippen LogP contribution in [0.25, 0.3) is 0 Å². The summed E-state index contributed by atoms with van der Waals surface area (Å²) in [5.41, 5.74) is 6.05. The normalized spacial score (nSPS) is 12.4. The smallest absolute Gasteiger partial charge is 0.120 e. The number of pyridine rings is 1. The zero-order chi connectivity index (χ0) is 14.5. The van der Waals surface area contributed by atoms with E-state index in [1.807, 2.05) is 57.4 Å². The van der Waals surface area contributed by atoms with Crippen molar-refractivity contribution in [1.29, 1.82) is 0 Å². The van der Waals surface area contributed by atoms with E-state index in [2.05, 4.69) is 16.5 Å². The Morgan fingerprint density at radius 3 is 2.60 bits per heavy atom. The Morgan fingerprint density at radius 2 is 1.95 bits per heavy atom. The van der Waals surface area contributed by atoms with E-state index in [1.165, 1.54) is 0 Å². The number of hydrazine groups is 1. The lowest BCUT2D eigenvalue weighted by atomic mass is 9.99. The van der Waals surface area contributed by atoms with Crippen LogP contribution in [0.4, 0.5) is 0 Å². The number of nitrogens with one attached hydrogen (secondary N) is 1. The summed E-state index contributed by atoms with van der Waals surface area (Å²) in [6, 6.07) is 9.94. The molecule has 0 aliphatic heterocycles. The molecular weight excluding hydrogens is 250 g/mol. The van der Waals surface area contributed by atoms with E-state index in [9.17, 15) is 0 Å². The van der Waals surface area contributed by atoms with Gasteiger partial charge in [0.1, 0.15) is 5.75 Å². The number of hydrogen-bond acceptors (Lipinski definition) is 4. The first-order chi connectivity index (χ1) is 9.60. The van der Waals surface area contributed by atoms with Crippen LogP contribution in [0.3, 0.4) is 0 Å². The molecule has 0 aliphatic rings. The Balaban J connectivity index is 2.32. The number of rotatable bonds is 5. The molecule has 0 amide bonds. The molecule has 0 saturated heterocycles. The molecule has 2 aromatic rings. The van der Waals surface area contributed by atoms with Crippen molar-refractivity contribution < 1.29 is 4.74 Å². The third-order valence-corrected chi connectivity index (χ3v) is 2.96. The second-order valence-corrected chi connectivity index (χ2v) is 5.13. The monoisotopic (exact) mass is 271 g/mol. The zero-order valence-electron chi connectivity index (χ0n) is 12.1. The Kier molecular flexibility index (Phi) is 4.71. The number of ether oxygens (including phenoxy) is 1. The molecule has 0 fully saturated rings. The molecule has 1 aromatic carbocycles. The zero-order valence-corrected chi connectivity index (χ0v) is 12.1. The maximum atomic E-state index is 5.72. The number of nitrogens with two attached hydrogens (primary N) is 1. The first-order valence-electron chi connectivity index (χ1n) is 6.74. The number of hydrogen-bond donors (Lipinski definition) is 2. The summed E-state index contributed by atoms with van der Waals surface area (Å²) in [7, 11) is 0. The van der Waals surface area contributed by atoms with Gasteiger partial charge >= 0.3 is 0 Å². The molecule has 0 spiro atoms. The van der Waals surface area contributed by atoms with Crippen molar-refractivity contribution in [1.82, 2.24) is 10.4 Å². The quantitative estimate of drug-likeness (QED) is 0.648. The Morgan fingerprint density at radius 1 is 1.15 bits per heavy atom. The van der Waals surface area contributed by atoms with E-state index >= 15 is 0 Å². The molecule has 106 valence electrons. The van der Waals surface area contributed by atoms with Gasteiger partial charge in [-0.05, 0) is 49.6 Å². The second kappa shape index (κ2) is 6.50. The summed E-state index contributed by atoms with van der Waals surface area (Å²) in [4.78, 5) is 4.22. The number of benzene rings is 1.